The van der Waals surface area contributed by atoms with Crippen LogP contribution in [0.4, 0.5) is 10.5 Å². The van der Waals surface area contributed by atoms with Crippen LogP contribution in [0.5, 0.6) is 0 Å². The SMILES string of the molecule is CC(Nc1ccc(C(C)C)cc1)C(=O)NC(=O)NC1CCCC1. The van der Waals surface area contributed by atoms with Crippen LogP contribution in [0, 0.1) is 0 Å². The molecule has 0 saturated heterocycles. The molecule has 3 N–H and O–H groups in total. The van der Waals surface area contributed by atoms with Crippen LogP contribution >= 0.6 is 0 Å². The predicted octanol–water partition coefficient (Wildman–Crippen LogP) is 3.38. The molecular weight excluding hydrogens is 290 g/mol. The summed E-state index contributed by atoms with van der Waals surface area (Å²) in [5, 5.41) is 8.37. The van der Waals surface area contributed by atoms with E-state index in [1.807, 2.05) is 24.3 Å². The number of imide groups is 1. The van der Waals surface area contributed by atoms with E-state index in [9.17, 15) is 9.59 Å². The van der Waals surface area contributed by atoms with Gasteiger partial charge in [-0.05, 0) is 43.4 Å². The molecule has 5 nitrogen and oxygen atoms in total. The Kier molecular flexibility index (Phi) is 6.02. The third-order valence-corrected chi connectivity index (χ3v) is 4.28. The molecule has 1 aliphatic carbocycles. The van der Waals surface area contributed by atoms with Crippen molar-refractivity contribution in [1.29, 1.82) is 0 Å². The van der Waals surface area contributed by atoms with Gasteiger partial charge in [0, 0.05) is 11.7 Å². The lowest BCUT2D eigenvalue weighted by Crippen LogP contribution is -2.48. The summed E-state index contributed by atoms with van der Waals surface area (Å²) in [7, 11) is 0. The minimum absolute atomic E-state index is 0.203. The summed E-state index contributed by atoms with van der Waals surface area (Å²) in [5.74, 6) is 0.150. The zero-order valence-corrected chi connectivity index (χ0v) is 14.2. The predicted molar refractivity (Wildman–Crippen MR) is 92.5 cm³/mol. The summed E-state index contributed by atoms with van der Waals surface area (Å²) in [4.78, 5) is 23.9. The van der Waals surface area contributed by atoms with E-state index in [2.05, 4.69) is 29.8 Å². The average Bonchev–Trinajstić information content (AvgIpc) is 3.00. The minimum atomic E-state index is -0.478. The van der Waals surface area contributed by atoms with E-state index in [0.29, 0.717) is 5.92 Å². The first-order valence-electron chi connectivity index (χ1n) is 8.43. The monoisotopic (exact) mass is 317 g/mol. The number of carbonyl (C=O) groups is 2. The number of urea groups is 1. The van der Waals surface area contributed by atoms with Gasteiger partial charge in [0.15, 0.2) is 0 Å². The third kappa shape index (κ3) is 5.27. The highest BCUT2D eigenvalue weighted by atomic mass is 16.2. The van der Waals surface area contributed by atoms with Gasteiger partial charge in [-0.2, -0.15) is 0 Å². The van der Waals surface area contributed by atoms with Gasteiger partial charge in [-0.15, -0.1) is 0 Å². The number of carbonyl (C=O) groups excluding carboxylic acids is 2. The Hall–Kier alpha value is -2.04. The number of anilines is 1. The van der Waals surface area contributed by atoms with Gasteiger partial charge in [-0.25, -0.2) is 4.79 Å². The third-order valence-electron chi connectivity index (χ3n) is 4.28. The number of amides is 3. The van der Waals surface area contributed by atoms with E-state index in [-0.39, 0.29) is 11.9 Å². The standard InChI is InChI=1S/C18H27N3O2/c1-12(2)14-8-10-16(11-9-14)19-13(3)17(22)21-18(23)20-15-6-4-5-7-15/h8-13,15,19H,4-7H2,1-3H3,(H2,20,21,22,23). The molecule has 0 aliphatic heterocycles. The number of hydrogen-bond donors (Lipinski definition) is 3. The molecule has 1 unspecified atom stereocenters. The molecular formula is C18H27N3O2. The fraction of sp³-hybridized carbons (Fsp3) is 0.556. The molecule has 126 valence electrons. The van der Waals surface area contributed by atoms with E-state index < -0.39 is 12.1 Å². The lowest BCUT2D eigenvalue weighted by Gasteiger charge is -2.17. The topological polar surface area (TPSA) is 70.2 Å². The Morgan fingerprint density at radius 3 is 2.22 bits per heavy atom. The quantitative estimate of drug-likeness (QED) is 0.779. The van der Waals surface area contributed by atoms with Crippen LogP contribution in [0.25, 0.3) is 0 Å². The molecule has 0 heterocycles. The van der Waals surface area contributed by atoms with Crippen molar-refractivity contribution in [3.63, 3.8) is 0 Å². The van der Waals surface area contributed by atoms with Crippen molar-refractivity contribution in [3.05, 3.63) is 29.8 Å². The molecule has 0 spiro atoms. The molecule has 1 saturated carbocycles. The van der Waals surface area contributed by atoms with Gasteiger partial charge in [0.05, 0.1) is 0 Å². The molecule has 1 aromatic carbocycles. The molecule has 2 rings (SSSR count). The summed E-state index contributed by atoms with van der Waals surface area (Å²) in [6.07, 6.45) is 4.28. The summed E-state index contributed by atoms with van der Waals surface area (Å²) in [5.41, 5.74) is 2.12. The van der Waals surface area contributed by atoms with Gasteiger partial charge >= 0.3 is 6.03 Å². The van der Waals surface area contributed by atoms with Crippen LogP contribution in [-0.2, 0) is 4.79 Å². The van der Waals surface area contributed by atoms with Crippen LogP contribution in [-0.4, -0.2) is 24.0 Å². The Morgan fingerprint density at radius 2 is 1.65 bits per heavy atom. The highest BCUT2D eigenvalue weighted by Crippen LogP contribution is 2.18. The van der Waals surface area contributed by atoms with E-state index in [1.54, 1.807) is 6.92 Å². The molecule has 1 atom stereocenters. The molecule has 0 radical (unpaired) electrons. The van der Waals surface area contributed by atoms with Crippen LogP contribution in [0.1, 0.15) is 57.9 Å². The summed E-state index contributed by atoms with van der Waals surface area (Å²) < 4.78 is 0. The van der Waals surface area contributed by atoms with Gasteiger partial charge < -0.3 is 10.6 Å². The second-order valence-electron chi connectivity index (χ2n) is 6.59. The van der Waals surface area contributed by atoms with Crippen molar-refractivity contribution in [2.75, 3.05) is 5.32 Å². The van der Waals surface area contributed by atoms with E-state index in [1.165, 1.54) is 5.56 Å². The summed E-state index contributed by atoms with van der Waals surface area (Å²) in [6.45, 7) is 6.03. The van der Waals surface area contributed by atoms with Crippen molar-refractivity contribution < 1.29 is 9.59 Å². The molecule has 0 aromatic heterocycles. The van der Waals surface area contributed by atoms with Crippen molar-refractivity contribution in [2.45, 2.75) is 64.5 Å². The number of hydrogen-bond acceptors (Lipinski definition) is 3. The van der Waals surface area contributed by atoms with Crippen molar-refractivity contribution in [3.8, 4) is 0 Å². The van der Waals surface area contributed by atoms with Crippen LogP contribution < -0.4 is 16.0 Å². The molecule has 0 bridgehead atoms. The molecule has 23 heavy (non-hydrogen) atoms. The van der Waals surface area contributed by atoms with Gasteiger partial charge in [0.1, 0.15) is 6.04 Å². The highest BCUT2D eigenvalue weighted by molar-refractivity contribution is 5.98. The van der Waals surface area contributed by atoms with Crippen molar-refractivity contribution in [1.82, 2.24) is 10.6 Å². The van der Waals surface area contributed by atoms with Gasteiger partial charge in [-0.1, -0.05) is 38.8 Å². The Morgan fingerprint density at radius 1 is 1.04 bits per heavy atom. The lowest BCUT2D eigenvalue weighted by molar-refractivity contribution is -0.120. The van der Waals surface area contributed by atoms with Crippen LogP contribution in [0.3, 0.4) is 0 Å². The smallest absolute Gasteiger partial charge is 0.321 e. The van der Waals surface area contributed by atoms with E-state index in [4.69, 9.17) is 0 Å². The average molecular weight is 317 g/mol. The van der Waals surface area contributed by atoms with E-state index in [0.717, 1.165) is 31.4 Å². The molecule has 1 aromatic rings. The number of benzene rings is 1. The maximum atomic E-state index is 12.1. The Bertz CT molecular complexity index is 534. The highest BCUT2D eigenvalue weighted by Gasteiger charge is 2.20. The van der Waals surface area contributed by atoms with Crippen molar-refractivity contribution in [2.24, 2.45) is 0 Å². The lowest BCUT2D eigenvalue weighted by atomic mass is 10.0. The van der Waals surface area contributed by atoms with Crippen LogP contribution in [0.15, 0.2) is 24.3 Å². The normalized spacial score (nSPS) is 16.2. The fourth-order valence-electron chi connectivity index (χ4n) is 2.79. The number of rotatable bonds is 5. The first kappa shape index (κ1) is 17.3. The molecule has 5 heteroatoms. The van der Waals surface area contributed by atoms with Gasteiger partial charge in [0.25, 0.3) is 0 Å². The van der Waals surface area contributed by atoms with Gasteiger partial charge in [0.2, 0.25) is 5.91 Å². The molecule has 3 amide bonds. The second-order valence-corrected chi connectivity index (χ2v) is 6.59. The Labute approximate surface area is 138 Å². The first-order valence-corrected chi connectivity index (χ1v) is 8.43. The first-order chi connectivity index (χ1) is 11.0. The minimum Gasteiger partial charge on any atom is -0.374 e. The molecule has 1 fully saturated rings. The zero-order chi connectivity index (χ0) is 16.8. The molecule has 1 aliphatic rings. The van der Waals surface area contributed by atoms with Crippen molar-refractivity contribution >= 4 is 17.6 Å². The number of nitrogens with one attached hydrogen (secondary N) is 3. The Balaban J connectivity index is 1.80. The maximum Gasteiger partial charge on any atom is 0.321 e. The van der Waals surface area contributed by atoms with Crippen LogP contribution in [0.2, 0.25) is 0 Å². The second kappa shape index (κ2) is 7.99. The summed E-state index contributed by atoms with van der Waals surface area (Å²) >= 11 is 0. The largest absolute Gasteiger partial charge is 0.374 e. The zero-order valence-electron chi connectivity index (χ0n) is 14.2. The maximum absolute atomic E-state index is 12.1. The summed E-state index contributed by atoms with van der Waals surface area (Å²) in [6, 6.07) is 7.33. The van der Waals surface area contributed by atoms with E-state index >= 15 is 0 Å². The fourth-order valence-corrected chi connectivity index (χ4v) is 2.79. The van der Waals surface area contributed by atoms with Gasteiger partial charge in [-0.3, -0.25) is 10.1 Å².